The minimum Gasteiger partial charge on any atom is -0.497 e. The maximum Gasteiger partial charge on any atom is 0.257 e. The molecule has 0 saturated carbocycles. The van der Waals surface area contributed by atoms with Gasteiger partial charge < -0.3 is 24.8 Å². The van der Waals surface area contributed by atoms with Gasteiger partial charge in [0, 0.05) is 17.4 Å². The Bertz CT molecular complexity index is 970. The van der Waals surface area contributed by atoms with E-state index in [9.17, 15) is 4.79 Å². The Morgan fingerprint density at radius 1 is 0.926 bits per heavy atom. The monoisotopic (exact) mass is 362 g/mol. The number of ether oxygens (including phenoxy) is 3. The van der Waals surface area contributed by atoms with Crippen LogP contribution < -0.4 is 24.8 Å². The first-order chi connectivity index (χ1) is 13.2. The van der Waals surface area contributed by atoms with Crippen LogP contribution in [0.15, 0.2) is 66.7 Å². The van der Waals surface area contributed by atoms with Crippen LogP contribution in [0.4, 0.5) is 17.1 Å². The van der Waals surface area contributed by atoms with Gasteiger partial charge in [0.25, 0.3) is 5.91 Å². The summed E-state index contributed by atoms with van der Waals surface area (Å²) in [6, 6.07) is 20.2. The number of para-hydroxylation sites is 1. The number of anilines is 3. The first-order valence-corrected chi connectivity index (χ1v) is 8.44. The zero-order valence-corrected chi connectivity index (χ0v) is 14.7. The number of benzene rings is 3. The fourth-order valence-electron chi connectivity index (χ4n) is 2.79. The molecule has 1 aliphatic rings. The lowest BCUT2D eigenvalue weighted by Gasteiger charge is -2.13. The molecule has 0 spiro atoms. The van der Waals surface area contributed by atoms with Gasteiger partial charge in [0.15, 0.2) is 11.5 Å². The van der Waals surface area contributed by atoms with Gasteiger partial charge >= 0.3 is 0 Å². The van der Waals surface area contributed by atoms with Gasteiger partial charge in [0.2, 0.25) is 6.79 Å². The molecule has 3 aromatic rings. The van der Waals surface area contributed by atoms with Gasteiger partial charge in [0.1, 0.15) is 5.75 Å². The van der Waals surface area contributed by atoms with Crippen LogP contribution in [0, 0.1) is 0 Å². The largest absolute Gasteiger partial charge is 0.497 e. The van der Waals surface area contributed by atoms with Crippen LogP contribution >= 0.6 is 0 Å². The first kappa shape index (κ1) is 16.8. The Morgan fingerprint density at radius 3 is 2.48 bits per heavy atom. The third kappa shape index (κ3) is 3.64. The van der Waals surface area contributed by atoms with E-state index in [0.29, 0.717) is 28.4 Å². The standard InChI is InChI=1S/C21H18N2O4/c1-25-16-9-6-14(7-10-16)22-18-5-3-2-4-17(18)21(24)23-15-8-11-19-20(12-15)27-13-26-19/h2-12,22H,13H2,1H3,(H,23,24). The lowest BCUT2D eigenvalue weighted by Crippen LogP contribution is -2.13. The van der Waals surface area contributed by atoms with E-state index in [1.165, 1.54) is 0 Å². The molecule has 1 amide bonds. The molecule has 1 heterocycles. The highest BCUT2D eigenvalue weighted by atomic mass is 16.7. The SMILES string of the molecule is COc1ccc(Nc2ccccc2C(=O)Nc2ccc3c(c2)OCO3)cc1. The molecule has 6 heteroatoms. The molecule has 4 rings (SSSR count). The van der Waals surface area contributed by atoms with Crippen molar-refractivity contribution < 1.29 is 19.0 Å². The predicted molar refractivity (Wildman–Crippen MR) is 103 cm³/mol. The lowest BCUT2D eigenvalue weighted by atomic mass is 10.1. The second-order valence-electron chi connectivity index (χ2n) is 5.92. The number of rotatable bonds is 5. The van der Waals surface area contributed by atoms with E-state index in [-0.39, 0.29) is 12.7 Å². The van der Waals surface area contributed by atoms with E-state index in [1.54, 1.807) is 31.4 Å². The van der Waals surface area contributed by atoms with Crippen LogP contribution in [-0.4, -0.2) is 19.8 Å². The van der Waals surface area contributed by atoms with Crippen LogP contribution in [0.25, 0.3) is 0 Å². The first-order valence-electron chi connectivity index (χ1n) is 8.44. The van der Waals surface area contributed by atoms with Gasteiger partial charge in [-0.2, -0.15) is 0 Å². The average molecular weight is 362 g/mol. The summed E-state index contributed by atoms with van der Waals surface area (Å²) in [5.41, 5.74) is 2.74. The Hall–Kier alpha value is -3.67. The van der Waals surface area contributed by atoms with Gasteiger partial charge in [-0.25, -0.2) is 0 Å². The van der Waals surface area contributed by atoms with Gasteiger partial charge in [0.05, 0.1) is 18.4 Å². The van der Waals surface area contributed by atoms with Gasteiger partial charge in [-0.05, 0) is 48.5 Å². The molecule has 0 saturated heterocycles. The van der Waals surface area contributed by atoms with Crippen molar-refractivity contribution >= 4 is 23.0 Å². The topological polar surface area (TPSA) is 68.8 Å². The molecule has 0 radical (unpaired) electrons. The molecule has 0 bridgehead atoms. The van der Waals surface area contributed by atoms with Crippen LogP contribution in [0.5, 0.6) is 17.2 Å². The zero-order valence-electron chi connectivity index (χ0n) is 14.7. The number of carbonyl (C=O) groups is 1. The molecule has 0 aromatic heterocycles. The molecule has 0 aliphatic carbocycles. The minimum absolute atomic E-state index is 0.196. The van der Waals surface area contributed by atoms with Crippen molar-refractivity contribution in [2.75, 3.05) is 24.5 Å². The third-order valence-corrected chi connectivity index (χ3v) is 4.17. The minimum atomic E-state index is -0.217. The molecule has 0 unspecified atom stereocenters. The summed E-state index contributed by atoms with van der Waals surface area (Å²) in [6.07, 6.45) is 0. The van der Waals surface area contributed by atoms with Crippen molar-refractivity contribution in [2.45, 2.75) is 0 Å². The number of hydrogen-bond acceptors (Lipinski definition) is 5. The fourth-order valence-corrected chi connectivity index (χ4v) is 2.79. The zero-order chi connectivity index (χ0) is 18.6. The van der Waals surface area contributed by atoms with E-state index in [0.717, 1.165) is 11.4 Å². The molecule has 27 heavy (non-hydrogen) atoms. The summed E-state index contributed by atoms with van der Waals surface area (Å²) in [5.74, 6) is 1.85. The third-order valence-electron chi connectivity index (χ3n) is 4.17. The van der Waals surface area contributed by atoms with Crippen LogP contribution in [0.3, 0.4) is 0 Å². The van der Waals surface area contributed by atoms with Crippen molar-refractivity contribution in [1.29, 1.82) is 0 Å². The van der Waals surface area contributed by atoms with Crippen molar-refractivity contribution in [3.8, 4) is 17.2 Å². The van der Waals surface area contributed by atoms with E-state index < -0.39 is 0 Å². The Balaban J connectivity index is 1.53. The highest BCUT2D eigenvalue weighted by Crippen LogP contribution is 2.34. The van der Waals surface area contributed by atoms with E-state index in [1.807, 2.05) is 42.5 Å². The summed E-state index contributed by atoms with van der Waals surface area (Å²) in [4.78, 5) is 12.8. The van der Waals surface area contributed by atoms with Gasteiger partial charge in [-0.3, -0.25) is 4.79 Å². The van der Waals surface area contributed by atoms with Crippen molar-refractivity contribution in [1.82, 2.24) is 0 Å². The fraction of sp³-hybridized carbons (Fsp3) is 0.0952. The summed E-state index contributed by atoms with van der Waals surface area (Å²) in [5, 5.41) is 6.17. The number of fused-ring (bicyclic) bond motifs is 1. The predicted octanol–water partition coefficient (Wildman–Crippen LogP) is 4.42. The van der Waals surface area contributed by atoms with Crippen molar-refractivity contribution in [2.24, 2.45) is 0 Å². The molecule has 3 aromatic carbocycles. The highest BCUT2D eigenvalue weighted by molar-refractivity contribution is 6.08. The number of hydrogen-bond donors (Lipinski definition) is 2. The van der Waals surface area contributed by atoms with Crippen LogP contribution in [0.2, 0.25) is 0 Å². The van der Waals surface area contributed by atoms with Gasteiger partial charge in [-0.15, -0.1) is 0 Å². The van der Waals surface area contributed by atoms with E-state index >= 15 is 0 Å². The van der Waals surface area contributed by atoms with E-state index in [2.05, 4.69) is 10.6 Å². The lowest BCUT2D eigenvalue weighted by molar-refractivity contribution is 0.102. The number of nitrogens with one attached hydrogen (secondary N) is 2. The van der Waals surface area contributed by atoms with Gasteiger partial charge in [-0.1, -0.05) is 12.1 Å². The Morgan fingerprint density at radius 2 is 1.67 bits per heavy atom. The van der Waals surface area contributed by atoms with Crippen molar-refractivity contribution in [3.05, 3.63) is 72.3 Å². The van der Waals surface area contributed by atoms with E-state index in [4.69, 9.17) is 14.2 Å². The number of carbonyl (C=O) groups excluding carboxylic acids is 1. The normalized spacial score (nSPS) is 11.7. The maximum absolute atomic E-state index is 12.8. The summed E-state index contributed by atoms with van der Waals surface area (Å²) < 4.78 is 15.8. The summed E-state index contributed by atoms with van der Waals surface area (Å²) in [7, 11) is 1.62. The molecule has 0 fully saturated rings. The summed E-state index contributed by atoms with van der Waals surface area (Å²) in [6.45, 7) is 0.196. The molecule has 2 N–H and O–H groups in total. The number of methoxy groups -OCH3 is 1. The second kappa shape index (κ2) is 7.29. The molecule has 6 nitrogen and oxygen atoms in total. The molecule has 0 atom stereocenters. The maximum atomic E-state index is 12.8. The molecular formula is C21H18N2O4. The average Bonchev–Trinajstić information content (AvgIpc) is 3.17. The number of amides is 1. The summed E-state index contributed by atoms with van der Waals surface area (Å²) >= 11 is 0. The van der Waals surface area contributed by atoms with Crippen LogP contribution in [0.1, 0.15) is 10.4 Å². The highest BCUT2D eigenvalue weighted by Gasteiger charge is 2.16. The van der Waals surface area contributed by atoms with Crippen molar-refractivity contribution in [3.63, 3.8) is 0 Å². The smallest absolute Gasteiger partial charge is 0.257 e. The second-order valence-corrected chi connectivity index (χ2v) is 5.92. The molecule has 136 valence electrons. The Kier molecular flexibility index (Phi) is 4.53. The molecular weight excluding hydrogens is 344 g/mol. The Labute approximate surface area is 156 Å². The molecule has 1 aliphatic heterocycles. The van der Waals surface area contributed by atoms with Crippen LogP contribution in [-0.2, 0) is 0 Å². The quantitative estimate of drug-likeness (QED) is 0.703.